The van der Waals surface area contributed by atoms with E-state index in [1.807, 2.05) is 6.07 Å². The van der Waals surface area contributed by atoms with Gasteiger partial charge >= 0.3 is 5.97 Å². The molecule has 8 nitrogen and oxygen atoms in total. The Morgan fingerprint density at radius 2 is 1.65 bits per heavy atom. The number of amides is 1. The summed E-state index contributed by atoms with van der Waals surface area (Å²) in [5, 5.41) is 22.6. The van der Waals surface area contributed by atoms with Crippen LogP contribution in [0.5, 0.6) is 5.75 Å². The summed E-state index contributed by atoms with van der Waals surface area (Å²) in [4.78, 5) is 22.8. The number of aliphatic hydroxyl groups is 1. The number of benzene rings is 2. The van der Waals surface area contributed by atoms with Crippen molar-refractivity contribution < 1.29 is 34.0 Å². The molecule has 0 fully saturated rings. The van der Waals surface area contributed by atoms with Gasteiger partial charge in [-0.05, 0) is 43.7 Å². The molecule has 0 heterocycles. The summed E-state index contributed by atoms with van der Waals surface area (Å²) in [7, 11) is 0. The van der Waals surface area contributed by atoms with Gasteiger partial charge in [0.15, 0.2) is 6.10 Å². The van der Waals surface area contributed by atoms with Crippen molar-refractivity contribution in [2.45, 2.75) is 45.2 Å². The van der Waals surface area contributed by atoms with Crippen LogP contribution in [0.25, 0.3) is 0 Å². The van der Waals surface area contributed by atoms with E-state index in [1.54, 1.807) is 62.4 Å². The number of carbonyl (C=O) groups is 2. The first-order valence-corrected chi connectivity index (χ1v) is 9.99. The van der Waals surface area contributed by atoms with Gasteiger partial charge in [0, 0.05) is 12.6 Å². The second-order valence-corrected chi connectivity index (χ2v) is 7.28. The molecular formula is C23H29NO7. The maximum Gasteiger partial charge on any atom is 0.335 e. The number of anilines is 1. The van der Waals surface area contributed by atoms with Gasteiger partial charge in [0.1, 0.15) is 24.6 Å². The molecule has 2 rings (SSSR count). The summed E-state index contributed by atoms with van der Waals surface area (Å²) >= 11 is 0. The van der Waals surface area contributed by atoms with Crippen LogP contribution in [0, 0.1) is 0 Å². The van der Waals surface area contributed by atoms with Crippen molar-refractivity contribution >= 4 is 17.6 Å². The lowest BCUT2D eigenvalue weighted by Crippen LogP contribution is -2.36. The van der Waals surface area contributed by atoms with E-state index in [1.165, 1.54) is 6.92 Å². The first-order chi connectivity index (χ1) is 14.8. The zero-order valence-electron chi connectivity index (χ0n) is 17.9. The number of carboxylic acid groups (broad SMARTS) is 1. The maximum absolute atomic E-state index is 11.8. The molecule has 0 bridgehead atoms. The summed E-state index contributed by atoms with van der Waals surface area (Å²) < 4.78 is 16.9. The minimum atomic E-state index is -1.23. The number of ether oxygens (including phenoxy) is 3. The molecule has 0 aliphatic rings. The van der Waals surface area contributed by atoms with Gasteiger partial charge in [0.05, 0.1) is 12.7 Å². The summed E-state index contributed by atoms with van der Waals surface area (Å²) in [6.45, 7) is 4.72. The van der Waals surface area contributed by atoms with Crippen LogP contribution in [0.15, 0.2) is 54.6 Å². The fourth-order valence-electron chi connectivity index (χ4n) is 2.85. The highest BCUT2D eigenvalue weighted by molar-refractivity contribution is 5.88. The van der Waals surface area contributed by atoms with Crippen LogP contribution in [0.2, 0.25) is 0 Å². The number of aliphatic hydroxyl groups excluding tert-OH is 1. The Hall–Kier alpha value is -2.94. The second kappa shape index (κ2) is 12.0. The molecule has 3 unspecified atom stereocenters. The van der Waals surface area contributed by atoms with Crippen LogP contribution in [-0.4, -0.2) is 53.6 Å². The normalized spacial score (nSPS) is 14.0. The van der Waals surface area contributed by atoms with E-state index < -0.39 is 24.3 Å². The lowest BCUT2D eigenvalue weighted by molar-refractivity contribution is -0.170. The fourth-order valence-corrected chi connectivity index (χ4v) is 2.85. The van der Waals surface area contributed by atoms with Gasteiger partial charge in [0.2, 0.25) is 5.91 Å². The summed E-state index contributed by atoms with van der Waals surface area (Å²) in [6, 6.07) is 15.6. The molecule has 0 radical (unpaired) electrons. The third-order valence-corrected chi connectivity index (χ3v) is 4.15. The molecule has 168 valence electrons. The predicted octanol–water partition coefficient (Wildman–Crippen LogP) is 3.02. The molecule has 0 spiro atoms. The topological polar surface area (TPSA) is 114 Å². The van der Waals surface area contributed by atoms with E-state index in [2.05, 4.69) is 5.32 Å². The smallest absolute Gasteiger partial charge is 0.335 e. The summed E-state index contributed by atoms with van der Waals surface area (Å²) in [6.07, 6.45) is -3.43. The molecule has 0 saturated heterocycles. The third-order valence-electron chi connectivity index (χ3n) is 4.15. The Kier molecular flexibility index (Phi) is 9.45. The molecule has 2 aromatic carbocycles. The van der Waals surface area contributed by atoms with E-state index in [4.69, 9.17) is 14.2 Å². The number of hydrogen-bond donors (Lipinski definition) is 3. The Morgan fingerprint density at radius 1 is 1.00 bits per heavy atom. The van der Waals surface area contributed by atoms with Crippen molar-refractivity contribution in [1.82, 2.24) is 0 Å². The first-order valence-electron chi connectivity index (χ1n) is 9.99. The summed E-state index contributed by atoms with van der Waals surface area (Å²) in [5.41, 5.74) is 1.27. The van der Waals surface area contributed by atoms with E-state index in [0.717, 1.165) is 0 Å². The van der Waals surface area contributed by atoms with Gasteiger partial charge in [-0.1, -0.05) is 30.3 Å². The Bertz CT molecular complexity index is 824. The van der Waals surface area contributed by atoms with Gasteiger partial charge in [-0.25, -0.2) is 4.79 Å². The molecule has 31 heavy (non-hydrogen) atoms. The molecule has 3 N–H and O–H groups in total. The lowest BCUT2D eigenvalue weighted by Gasteiger charge is -2.27. The van der Waals surface area contributed by atoms with Gasteiger partial charge in [0.25, 0.3) is 0 Å². The molecular weight excluding hydrogens is 402 g/mol. The Morgan fingerprint density at radius 3 is 2.19 bits per heavy atom. The van der Waals surface area contributed by atoms with E-state index in [9.17, 15) is 19.8 Å². The van der Waals surface area contributed by atoms with Crippen LogP contribution < -0.4 is 10.1 Å². The minimum absolute atomic E-state index is 0.0518. The van der Waals surface area contributed by atoms with Crippen molar-refractivity contribution in [3.8, 4) is 5.75 Å². The van der Waals surface area contributed by atoms with Crippen molar-refractivity contribution in [1.29, 1.82) is 0 Å². The highest BCUT2D eigenvalue weighted by Gasteiger charge is 2.32. The number of carboxylic acids is 1. The fraction of sp³-hybridized carbons (Fsp3) is 0.391. The quantitative estimate of drug-likeness (QED) is 0.473. The van der Waals surface area contributed by atoms with Gasteiger partial charge in [-0.3, -0.25) is 4.79 Å². The average Bonchev–Trinajstić information content (AvgIpc) is 2.72. The highest BCUT2D eigenvalue weighted by Crippen LogP contribution is 2.25. The largest absolute Gasteiger partial charge is 0.491 e. The van der Waals surface area contributed by atoms with E-state index >= 15 is 0 Å². The minimum Gasteiger partial charge on any atom is -0.491 e. The lowest BCUT2D eigenvalue weighted by atomic mass is 10.0. The van der Waals surface area contributed by atoms with Crippen molar-refractivity contribution in [3.05, 3.63) is 60.2 Å². The van der Waals surface area contributed by atoms with Crippen LogP contribution in [0.3, 0.4) is 0 Å². The molecule has 1 amide bonds. The Balaban J connectivity index is 1.97. The molecule has 3 atom stereocenters. The van der Waals surface area contributed by atoms with Crippen LogP contribution in [0.4, 0.5) is 5.69 Å². The number of nitrogens with one attached hydrogen (secondary N) is 1. The first kappa shape index (κ1) is 24.3. The van der Waals surface area contributed by atoms with E-state index in [0.29, 0.717) is 17.0 Å². The van der Waals surface area contributed by atoms with Crippen molar-refractivity contribution in [2.75, 3.05) is 18.5 Å². The monoisotopic (exact) mass is 431 g/mol. The third kappa shape index (κ3) is 8.37. The maximum atomic E-state index is 11.8. The molecule has 2 aromatic rings. The molecule has 0 aromatic heterocycles. The molecule has 0 aliphatic heterocycles. The molecule has 0 saturated carbocycles. The van der Waals surface area contributed by atoms with E-state index in [-0.39, 0.29) is 25.2 Å². The van der Waals surface area contributed by atoms with Gasteiger partial charge < -0.3 is 29.7 Å². The zero-order chi connectivity index (χ0) is 22.8. The predicted molar refractivity (Wildman–Crippen MR) is 115 cm³/mol. The zero-order valence-corrected chi connectivity index (χ0v) is 17.9. The Labute approximate surface area is 181 Å². The van der Waals surface area contributed by atoms with Crippen LogP contribution in [-0.2, 0) is 19.1 Å². The second-order valence-electron chi connectivity index (χ2n) is 7.28. The van der Waals surface area contributed by atoms with Crippen LogP contribution >= 0.6 is 0 Å². The highest BCUT2D eigenvalue weighted by atomic mass is 16.6. The van der Waals surface area contributed by atoms with Crippen molar-refractivity contribution in [2.24, 2.45) is 0 Å². The molecule has 8 heteroatoms. The van der Waals surface area contributed by atoms with Crippen LogP contribution in [0.1, 0.15) is 32.4 Å². The number of hydrogen-bond acceptors (Lipinski definition) is 6. The van der Waals surface area contributed by atoms with Crippen molar-refractivity contribution in [3.63, 3.8) is 0 Å². The average molecular weight is 431 g/mol. The SMILES string of the molecule is CC(=O)Nc1ccc(OCC(O)COC(c2ccccc2)C(OC(C)C)C(=O)O)cc1. The number of aliphatic carboxylic acids is 1. The standard InChI is InChI=1S/C23H29NO7/c1-15(2)31-22(23(27)28)21(17-7-5-4-6-8-17)30-14-19(26)13-29-20-11-9-18(10-12-20)24-16(3)25/h4-12,15,19,21-22,26H,13-14H2,1-3H3,(H,24,25)(H,27,28). The van der Waals surface area contributed by atoms with Gasteiger partial charge in [-0.2, -0.15) is 0 Å². The van der Waals surface area contributed by atoms with Gasteiger partial charge in [-0.15, -0.1) is 0 Å². The molecule has 0 aliphatic carbocycles. The number of carbonyl (C=O) groups excluding carboxylic acids is 1. The summed E-state index contributed by atoms with van der Waals surface area (Å²) in [5.74, 6) is -0.804. The number of rotatable bonds is 12.